The van der Waals surface area contributed by atoms with Crippen molar-refractivity contribution in [3.8, 4) is 5.75 Å². The largest absolute Gasteiger partial charge is 0.492 e. The van der Waals surface area contributed by atoms with Crippen LogP contribution in [0, 0.1) is 20.8 Å². The number of aryl methyl sites for hydroxylation is 3. The summed E-state index contributed by atoms with van der Waals surface area (Å²) in [6, 6.07) is 8.07. The van der Waals surface area contributed by atoms with Gasteiger partial charge in [-0.3, -0.25) is 0 Å². The summed E-state index contributed by atoms with van der Waals surface area (Å²) in [5.74, 6) is 1.70. The fraction of sp³-hybridized carbons (Fsp3) is 0.444. The maximum Gasteiger partial charge on any atom is 0.191 e. The first kappa shape index (κ1) is 18.3. The number of aliphatic imine (C=N–C) groups is 1. The molecule has 0 bridgehead atoms. The molecule has 1 aromatic carbocycles. The zero-order valence-electron chi connectivity index (χ0n) is 14.8. The highest BCUT2D eigenvalue weighted by Crippen LogP contribution is 2.17. The number of hydrogen-bond acceptors (Lipinski definition) is 4. The van der Waals surface area contributed by atoms with Crippen LogP contribution in [0.25, 0.3) is 0 Å². The van der Waals surface area contributed by atoms with Gasteiger partial charge in [-0.05, 0) is 45.4 Å². The number of nitrogens with one attached hydrogen (secondary N) is 2. The molecule has 0 saturated heterocycles. The zero-order valence-corrected chi connectivity index (χ0v) is 15.7. The molecule has 0 aliphatic carbocycles. The third kappa shape index (κ3) is 5.85. The summed E-state index contributed by atoms with van der Waals surface area (Å²) in [6.45, 7) is 10.9. The molecular weight excluding hydrogens is 320 g/mol. The zero-order chi connectivity index (χ0) is 17.4. The van der Waals surface area contributed by atoms with Gasteiger partial charge in [-0.2, -0.15) is 0 Å². The van der Waals surface area contributed by atoms with Gasteiger partial charge in [0.2, 0.25) is 0 Å². The minimum atomic E-state index is 0.590. The Morgan fingerprint density at radius 1 is 1.25 bits per heavy atom. The third-order valence-corrected chi connectivity index (χ3v) is 4.43. The van der Waals surface area contributed by atoms with E-state index >= 15 is 0 Å². The summed E-state index contributed by atoms with van der Waals surface area (Å²) in [6.07, 6.45) is 0. The average Bonchev–Trinajstić information content (AvgIpc) is 2.87. The molecule has 2 aromatic rings. The molecule has 0 fully saturated rings. The first-order valence-electron chi connectivity index (χ1n) is 8.23. The lowest BCUT2D eigenvalue weighted by molar-refractivity contribution is 0.321. The minimum Gasteiger partial charge on any atom is -0.492 e. The molecule has 130 valence electrons. The first-order valence-corrected chi connectivity index (χ1v) is 9.04. The molecule has 2 N–H and O–H groups in total. The quantitative estimate of drug-likeness (QED) is 0.459. The van der Waals surface area contributed by atoms with Gasteiger partial charge < -0.3 is 15.4 Å². The van der Waals surface area contributed by atoms with Crippen LogP contribution < -0.4 is 15.4 Å². The van der Waals surface area contributed by atoms with Gasteiger partial charge in [-0.15, -0.1) is 11.3 Å². The maximum absolute atomic E-state index is 5.75. The van der Waals surface area contributed by atoms with Gasteiger partial charge in [0.25, 0.3) is 0 Å². The van der Waals surface area contributed by atoms with Gasteiger partial charge in [0.15, 0.2) is 5.96 Å². The Morgan fingerprint density at radius 2 is 2.08 bits per heavy atom. The number of ether oxygens (including phenoxy) is 1. The molecule has 0 unspecified atom stereocenters. The molecule has 0 amide bonds. The molecule has 0 radical (unpaired) electrons. The minimum absolute atomic E-state index is 0.590. The van der Waals surface area contributed by atoms with Gasteiger partial charge in [0, 0.05) is 11.4 Å². The Balaban J connectivity index is 1.82. The van der Waals surface area contributed by atoms with Crippen LogP contribution in [0.4, 0.5) is 0 Å². The van der Waals surface area contributed by atoms with E-state index in [0.717, 1.165) is 29.0 Å². The SMILES string of the molecule is CCNC(=NCc1sc(C)nc1C)NCCOc1cccc(C)c1. The standard InChI is InChI=1S/C18H26N4OS/c1-5-19-18(21-12-17-14(3)22-15(4)24-17)20-9-10-23-16-8-6-7-13(2)11-16/h6-8,11H,5,9-10,12H2,1-4H3,(H2,19,20,21). The fourth-order valence-electron chi connectivity index (χ4n) is 2.26. The van der Waals surface area contributed by atoms with E-state index < -0.39 is 0 Å². The van der Waals surface area contributed by atoms with Gasteiger partial charge in [-0.1, -0.05) is 12.1 Å². The Bertz CT molecular complexity index is 681. The smallest absolute Gasteiger partial charge is 0.191 e. The fourth-order valence-corrected chi connectivity index (χ4v) is 3.12. The number of guanidine groups is 1. The summed E-state index contributed by atoms with van der Waals surface area (Å²) in [4.78, 5) is 10.3. The number of nitrogens with zero attached hydrogens (tertiary/aromatic N) is 2. The van der Waals surface area contributed by atoms with Crippen LogP contribution in [-0.2, 0) is 6.54 Å². The summed E-state index contributed by atoms with van der Waals surface area (Å²) >= 11 is 1.70. The first-order chi connectivity index (χ1) is 11.6. The third-order valence-electron chi connectivity index (χ3n) is 3.38. The van der Waals surface area contributed by atoms with Crippen molar-refractivity contribution in [2.45, 2.75) is 34.2 Å². The monoisotopic (exact) mass is 346 g/mol. The molecule has 0 saturated carbocycles. The van der Waals surface area contributed by atoms with E-state index in [1.165, 1.54) is 10.4 Å². The van der Waals surface area contributed by atoms with Crippen LogP contribution >= 0.6 is 11.3 Å². The number of hydrogen-bond donors (Lipinski definition) is 2. The van der Waals surface area contributed by atoms with E-state index in [2.05, 4.69) is 40.5 Å². The number of rotatable bonds is 7. The highest BCUT2D eigenvalue weighted by molar-refractivity contribution is 7.11. The molecule has 1 aromatic heterocycles. The summed E-state index contributed by atoms with van der Waals surface area (Å²) in [5.41, 5.74) is 2.27. The Labute approximate surface area is 148 Å². The number of thiazole rings is 1. The molecule has 0 atom stereocenters. The lowest BCUT2D eigenvalue weighted by Crippen LogP contribution is -2.39. The summed E-state index contributed by atoms with van der Waals surface area (Å²) < 4.78 is 5.75. The van der Waals surface area contributed by atoms with Crippen LogP contribution in [-0.4, -0.2) is 30.6 Å². The second-order valence-corrected chi connectivity index (χ2v) is 6.82. The lowest BCUT2D eigenvalue weighted by Gasteiger charge is -2.12. The van der Waals surface area contributed by atoms with Crippen molar-refractivity contribution >= 4 is 17.3 Å². The summed E-state index contributed by atoms with van der Waals surface area (Å²) in [5, 5.41) is 7.64. The number of aromatic nitrogens is 1. The average molecular weight is 347 g/mol. The van der Waals surface area contributed by atoms with E-state index in [4.69, 9.17) is 4.74 Å². The van der Waals surface area contributed by atoms with E-state index in [0.29, 0.717) is 19.7 Å². The molecule has 6 heteroatoms. The van der Waals surface area contributed by atoms with Crippen LogP contribution in [0.5, 0.6) is 5.75 Å². The molecule has 1 heterocycles. The van der Waals surface area contributed by atoms with Crippen molar-refractivity contribution in [1.29, 1.82) is 0 Å². The molecule has 2 rings (SSSR count). The Kier molecular flexibility index (Phi) is 7.06. The number of benzene rings is 1. The molecule has 0 aliphatic rings. The van der Waals surface area contributed by atoms with Crippen LogP contribution in [0.2, 0.25) is 0 Å². The molecule has 0 aliphatic heterocycles. The second kappa shape index (κ2) is 9.27. The van der Waals surface area contributed by atoms with E-state index in [9.17, 15) is 0 Å². The van der Waals surface area contributed by atoms with Gasteiger partial charge in [0.1, 0.15) is 12.4 Å². The molecule has 0 spiro atoms. The van der Waals surface area contributed by atoms with Gasteiger partial charge in [0.05, 0.1) is 23.8 Å². The van der Waals surface area contributed by atoms with Crippen molar-refractivity contribution in [2.24, 2.45) is 4.99 Å². The van der Waals surface area contributed by atoms with Crippen molar-refractivity contribution in [3.63, 3.8) is 0 Å². The van der Waals surface area contributed by atoms with E-state index in [1.807, 2.05) is 32.0 Å². The normalized spacial score (nSPS) is 11.4. The summed E-state index contributed by atoms with van der Waals surface area (Å²) in [7, 11) is 0. The topological polar surface area (TPSA) is 58.5 Å². The highest BCUT2D eigenvalue weighted by Gasteiger charge is 2.04. The molecule has 5 nitrogen and oxygen atoms in total. The Hall–Kier alpha value is -2.08. The van der Waals surface area contributed by atoms with Crippen molar-refractivity contribution in [1.82, 2.24) is 15.6 Å². The predicted octanol–water partition coefficient (Wildman–Crippen LogP) is 3.20. The Morgan fingerprint density at radius 3 is 2.75 bits per heavy atom. The van der Waals surface area contributed by atoms with E-state index in [1.54, 1.807) is 11.3 Å². The van der Waals surface area contributed by atoms with Gasteiger partial charge in [-0.25, -0.2) is 9.98 Å². The lowest BCUT2D eigenvalue weighted by atomic mass is 10.2. The molecule has 24 heavy (non-hydrogen) atoms. The van der Waals surface area contributed by atoms with Crippen molar-refractivity contribution < 1.29 is 4.74 Å². The maximum atomic E-state index is 5.75. The predicted molar refractivity (Wildman–Crippen MR) is 101 cm³/mol. The van der Waals surface area contributed by atoms with Crippen molar-refractivity contribution in [2.75, 3.05) is 19.7 Å². The van der Waals surface area contributed by atoms with Gasteiger partial charge >= 0.3 is 0 Å². The highest BCUT2D eigenvalue weighted by atomic mass is 32.1. The molecular formula is C18H26N4OS. The van der Waals surface area contributed by atoms with Crippen molar-refractivity contribution in [3.05, 3.63) is 45.4 Å². The van der Waals surface area contributed by atoms with Crippen LogP contribution in [0.3, 0.4) is 0 Å². The van der Waals surface area contributed by atoms with E-state index in [-0.39, 0.29) is 0 Å². The van der Waals surface area contributed by atoms with Crippen LogP contribution in [0.15, 0.2) is 29.3 Å². The van der Waals surface area contributed by atoms with Crippen LogP contribution in [0.1, 0.15) is 28.1 Å². The second-order valence-electron chi connectivity index (χ2n) is 5.53.